The normalized spacial score (nSPS) is 18.0. The third kappa shape index (κ3) is 3.99. The number of aliphatic hydroxyl groups is 2. The molecule has 2 unspecified atom stereocenters. The van der Waals surface area contributed by atoms with Gasteiger partial charge in [-0.1, -0.05) is 0 Å². The molecule has 1 aromatic carbocycles. The van der Waals surface area contributed by atoms with Gasteiger partial charge in [0.05, 0.1) is 17.1 Å². The Hall–Kier alpha value is -1.50. The average Bonchev–Trinajstić information content (AvgIpc) is 3.23. The molecule has 2 atom stereocenters. The van der Waals surface area contributed by atoms with E-state index in [-0.39, 0.29) is 11.8 Å². The maximum atomic E-state index is 10.5. The van der Waals surface area contributed by atoms with Crippen molar-refractivity contribution in [2.24, 2.45) is 5.92 Å². The number of nitro groups is 1. The van der Waals surface area contributed by atoms with E-state index in [1.807, 2.05) is 0 Å². The molecule has 1 fully saturated rings. The van der Waals surface area contributed by atoms with Crippen molar-refractivity contribution in [3.63, 3.8) is 0 Å². The van der Waals surface area contributed by atoms with Crippen LogP contribution in [0.15, 0.2) is 24.3 Å². The van der Waals surface area contributed by atoms with Crippen LogP contribution in [-0.4, -0.2) is 34.3 Å². The zero-order valence-electron chi connectivity index (χ0n) is 10.5. The molecule has 0 radical (unpaired) electrons. The predicted octanol–water partition coefficient (Wildman–Crippen LogP) is 0.989. The van der Waals surface area contributed by atoms with Gasteiger partial charge in [0.25, 0.3) is 5.69 Å². The van der Waals surface area contributed by atoms with Crippen LogP contribution in [0.4, 0.5) is 5.69 Å². The summed E-state index contributed by atoms with van der Waals surface area (Å²) in [6, 6.07) is 5.83. The Morgan fingerprint density at radius 2 is 1.89 bits per heavy atom. The van der Waals surface area contributed by atoms with E-state index < -0.39 is 11.0 Å². The van der Waals surface area contributed by atoms with Crippen molar-refractivity contribution < 1.29 is 15.1 Å². The summed E-state index contributed by atoms with van der Waals surface area (Å²) in [7, 11) is 0. The van der Waals surface area contributed by atoms with Gasteiger partial charge in [-0.05, 0) is 36.5 Å². The van der Waals surface area contributed by atoms with Gasteiger partial charge in [0.1, 0.15) is 0 Å². The maximum absolute atomic E-state index is 10.5. The van der Waals surface area contributed by atoms with Crippen LogP contribution in [0.2, 0.25) is 0 Å². The number of rotatable bonds is 7. The molecule has 0 spiro atoms. The number of nitrogens with one attached hydrogen (secondary N) is 1. The van der Waals surface area contributed by atoms with Gasteiger partial charge in [0, 0.05) is 25.2 Å². The number of nitro benzene ring substituents is 1. The molecule has 0 amide bonds. The summed E-state index contributed by atoms with van der Waals surface area (Å²) in [5, 5.41) is 33.1. The first-order chi connectivity index (χ1) is 9.08. The molecule has 1 saturated carbocycles. The fourth-order valence-electron chi connectivity index (χ4n) is 1.95. The van der Waals surface area contributed by atoms with E-state index in [1.54, 1.807) is 12.1 Å². The van der Waals surface area contributed by atoms with Gasteiger partial charge in [0.2, 0.25) is 0 Å². The van der Waals surface area contributed by atoms with E-state index in [9.17, 15) is 20.3 Å². The van der Waals surface area contributed by atoms with Crippen molar-refractivity contribution in [1.29, 1.82) is 0 Å². The fourth-order valence-corrected chi connectivity index (χ4v) is 1.95. The molecule has 1 aromatic rings. The van der Waals surface area contributed by atoms with Crippen molar-refractivity contribution in [3.05, 3.63) is 39.9 Å². The summed E-state index contributed by atoms with van der Waals surface area (Å²) >= 11 is 0. The Labute approximate surface area is 111 Å². The van der Waals surface area contributed by atoms with Crippen LogP contribution in [0, 0.1) is 16.0 Å². The Bertz CT molecular complexity index is 431. The predicted molar refractivity (Wildman–Crippen MR) is 69.7 cm³/mol. The van der Waals surface area contributed by atoms with E-state index in [2.05, 4.69) is 5.32 Å². The molecule has 0 aromatic heterocycles. The van der Waals surface area contributed by atoms with Crippen molar-refractivity contribution >= 4 is 5.69 Å². The van der Waals surface area contributed by atoms with Crippen LogP contribution in [0.3, 0.4) is 0 Å². The number of non-ortho nitro benzene ring substituents is 1. The van der Waals surface area contributed by atoms with Gasteiger partial charge in [0.15, 0.2) is 0 Å². The molecule has 1 aliphatic rings. The van der Waals surface area contributed by atoms with Crippen LogP contribution in [0.1, 0.15) is 24.5 Å². The highest BCUT2D eigenvalue weighted by Crippen LogP contribution is 2.32. The van der Waals surface area contributed by atoms with Crippen LogP contribution in [0.5, 0.6) is 0 Å². The smallest absolute Gasteiger partial charge is 0.269 e. The Balaban J connectivity index is 1.78. The van der Waals surface area contributed by atoms with Crippen LogP contribution >= 0.6 is 0 Å². The second-order valence-corrected chi connectivity index (χ2v) is 4.93. The maximum Gasteiger partial charge on any atom is 0.269 e. The highest BCUT2D eigenvalue weighted by Gasteiger charge is 2.29. The van der Waals surface area contributed by atoms with Crippen molar-refractivity contribution in [3.8, 4) is 0 Å². The highest BCUT2D eigenvalue weighted by molar-refractivity contribution is 5.33. The molecular weight excluding hydrogens is 248 g/mol. The third-order valence-corrected chi connectivity index (χ3v) is 3.35. The van der Waals surface area contributed by atoms with Gasteiger partial charge >= 0.3 is 0 Å². The third-order valence-electron chi connectivity index (χ3n) is 3.35. The topological polar surface area (TPSA) is 95.6 Å². The molecule has 3 N–H and O–H groups in total. The number of aliphatic hydroxyl groups excluding tert-OH is 2. The molecule has 19 heavy (non-hydrogen) atoms. The van der Waals surface area contributed by atoms with Gasteiger partial charge in [-0.3, -0.25) is 10.1 Å². The number of benzene rings is 1. The molecule has 0 heterocycles. The van der Waals surface area contributed by atoms with Crippen molar-refractivity contribution in [1.82, 2.24) is 5.32 Å². The lowest BCUT2D eigenvalue weighted by molar-refractivity contribution is -0.384. The van der Waals surface area contributed by atoms with Gasteiger partial charge in [-0.15, -0.1) is 0 Å². The first-order valence-corrected chi connectivity index (χ1v) is 6.39. The molecule has 1 aliphatic carbocycles. The van der Waals surface area contributed by atoms with Crippen LogP contribution in [0.25, 0.3) is 0 Å². The second-order valence-electron chi connectivity index (χ2n) is 4.93. The summed E-state index contributed by atoms with van der Waals surface area (Å²) in [6.45, 7) is 0.788. The van der Waals surface area contributed by atoms with E-state index >= 15 is 0 Å². The SMILES string of the molecule is O=[N+]([O-])c1ccc(C(O)CNCC(O)C2CC2)cc1. The minimum absolute atomic E-state index is 0.00747. The minimum Gasteiger partial charge on any atom is -0.392 e. The average molecular weight is 266 g/mol. The van der Waals surface area contributed by atoms with Gasteiger partial charge in [-0.2, -0.15) is 0 Å². The summed E-state index contributed by atoms with van der Waals surface area (Å²) in [6.07, 6.45) is 1.08. The van der Waals surface area contributed by atoms with E-state index in [1.165, 1.54) is 12.1 Å². The number of hydrogen-bond acceptors (Lipinski definition) is 5. The van der Waals surface area contributed by atoms with E-state index in [0.29, 0.717) is 24.6 Å². The molecule has 0 aliphatic heterocycles. The van der Waals surface area contributed by atoms with Crippen molar-refractivity contribution in [2.45, 2.75) is 25.0 Å². The summed E-state index contributed by atoms with van der Waals surface area (Å²) in [5.74, 6) is 0.406. The largest absolute Gasteiger partial charge is 0.392 e. The number of nitrogens with zero attached hydrogens (tertiary/aromatic N) is 1. The lowest BCUT2D eigenvalue weighted by atomic mass is 10.1. The quantitative estimate of drug-likeness (QED) is 0.505. The summed E-state index contributed by atoms with van der Waals surface area (Å²) in [5.41, 5.74) is 0.632. The molecule has 6 heteroatoms. The summed E-state index contributed by atoms with van der Waals surface area (Å²) in [4.78, 5) is 10.0. The van der Waals surface area contributed by atoms with Crippen LogP contribution < -0.4 is 5.32 Å². The van der Waals surface area contributed by atoms with Gasteiger partial charge in [-0.25, -0.2) is 0 Å². The molecule has 2 rings (SSSR count). The first kappa shape index (κ1) is 13.9. The van der Waals surface area contributed by atoms with E-state index in [4.69, 9.17) is 0 Å². The van der Waals surface area contributed by atoms with E-state index in [0.717, 1.165) is 12.8 Å². The number of hydrogen-bond donors (Lipinski definition) is 3. The summed E-state index contributed by atoms with van der Waals surface area (Å²) < 4.78 is 0. The standard InChI is InChI=1S/C13H18N2O4/c16-12(9-1-2-9)7-14-8-13(17)10-3-5-11(6-4-10)15(18)19/h3-6,9,12-14,16-17H,1-2,7-8H2. The molecule has 6 nitrogen and oxygen atoms in total. The zero-order chi connectivity index (χ0) is 13.8. The lowest BCUT2D eigenvalue weighted by Crippen LogP contribution is -2.31. The first-order valence-electron chi connectivity index (χ1n) is 6.39. The Morgan fingerprint density at radius 1 is 1.26 bits per heavy atom. The second kappa shape index (κ2) is 6.10. The molecular formula is C13H18N2O4. The Morgan fingerprint density at radius 3 is 2.42 bits per heavy atom. The molecule has 0 bridgehead atoms. The molecule has 104 valence electrons. The van der Waals surface area contributed by atoms with Crippen molar-refractivity contribution in [2.75, 3.05) is 13.1 Å². The molecule has 0 saturated heterocycles. The lowest BCUT2D eigenvalue weighted by Gasteiger charge is -2.14. The highest BCUT2D eigenvalue weighted by atomic mass is 16.6. The fraction of sp³-hybridized carbons (Fsp3) is 0.538. The minimum atomic E-state index is -0.729. The monoisotopic (exact) mass is 266 g/mol. The zero-order valence-corrected chi connectivity index (χ0v) is 10.5. The van der Waals surface area contributed by atoms with Gasteiger partial charge < -0.3 is 15.5 Å². The van der Waals surface area contributed by atoms with Crippen LogP contribution in [-0.2, 0) is 0 Å². The Kier molecular flexibility index (Phi) is 4.47.